The highest BCUT2D eigenvalue weighted by molar-refractivity contribution is 5.73. The molecule has 0 fully saturated rings. The van der Waals surface area contributed by atoms with Gasteiger partial charge in [0.15, 0.2) is 0 Å². The fraction of sp³-hybridized carbons (Fsp3) is 0.400. The SMILES string of the molecule is COc1ccc(C(C)C)cc1-c1cnn(C)c1CN. The van der Waals surface area contributed by atoms with Gasteiger partial charge in [-0.3, -0.25) is 4.68 Å². The molecule has 2 aromatic rings. The first-order valence-electron chi connectivity index (χ1n) is 6.47. The molecule has 1 aromatic carbocycles. The number of hydrogen-bond donors (Lipinski definition) is 1. The van der Waals surface area contributed by atoms with Crippen molar-refractivity contribution in [3.8, 4) is 16.9 Å². The van der Waals surface area contributed by atoms with Gasteiger partial charge in [0.05, 0.1) is 19.0 Å². The Kier molecular flexibility index (Phi) is 3.90. The summed E-state index contributed by atoms with van der Waals surface area (Å²) in [5.41, 5.74) is 10.2. The van der Waals surface area contributed by atoms with Crippen LogP contribution in [0, 0.1) is 0 Å². The Morgan fingerprint density at radius 2 is 2.05 bits per heavy atom. The van der Waals surface area contributed by atoms with Gasteiger partial charge in [0, 0.05) is 24.7 Å². The van der Waals surface area contributed by atoms with E-state index in [-0.39, 0.29) is 0 Å². The minimum atomic E-state index is 0.459. The summed E-state index contributed by atoms with van der Waals surface area (Å²) in [6.07, 6.45) is 1.85. The van der Waals surface area contributed by atoms with Crippen molar-refractivity contribution < 1.29 is 4.74 Å². The van der Waals surface area contributed by atoms with E-state index >= 15 is 0 Å². The van der Waals surface area contributed by atoms with Crippen molar-refractivity contribution >= 4 is 0 Å². The van der Waals surface area contributed by atoms with Gasteiger partial charge in [0.2, 0.25) is 0 Å². The molecule has 0 aliphatic rings. The molecule has 4 heteroatoms. The lowest BCUT2D eigenvalue weighted by atomic mass is 9.96. The number of aryl methyl sites for hydroxylation is 1. The maximum Gasteiger partial charge on any atom is 0.126 e. The maximum absolute atomic E-state index is 5.82. The highest BCUT2D eigenvalue weighted by Crippen LogP contribution is 2.34. The number of aromatic nitrogens is 2. The Bertz CT molecular complexity index is 573. The van der Waals surface area contributed by atoms with Crippen LogP contribution in [0.4, 0.5) is 0 Å². The van der Waals surface area contributed by atoms with Crippen LogP contribution in [0.2, 0.25) is 0 Å². The highest BCUT2D eigenvalue weighted by Gasteiger charge is 2.15. The highest BCUT2D eigenvalue weighted by atomic mass is 16.5. The second-order valence-electron chi connectivity index (χ2n) is 4.95. The van der Waals surface area contributed by atoms with Crippen LogP contribution in [-0.4, -0.2) is 16.9 Å². The molecule has 2 rings (SSSR count). The second-order valence-corrected chi connectivity index (χ2v) is 4.95. The molecule has 0 spiro atoms. The molecule has 19 heavy (non-hydrogen) atoms. The summed E-state index contributed by atoms with van der Waals surface area (Å²) in [6, 6.07) is 6.28. The van der Waals surface area contributed by atoms with E-state index in [0.29, 0.717) is 12.5 Å². The van der Waals surface area contributed by atoms with Crippen LogP contribution in [0.5, 0.6) is 5.75 Å². The van der Waals surface area contributed by atoms with Gasteiger partial charge in [0.25, 0.3) is 0 Å². The average Bonchev–Trinajstić information content (AvgIpc) is 2.78. The zero-order valence-corrected chi connectivity index (χ0v) is 12.0. The molecule has 0 radical (unpaired) electrons. The van der Waals surface area contributed by atoms with E-state index in [2.05, 4.69) is 31.1 Å². The molecule has 102 valence electrons. The molecule has 2 N–H and O–H groups in total. The molecular weight excluding hydrogens is 238 g/mol. The maximum atomic E-state index is 5.82. The minimum absolute atomic E-state index is 0.459. The molecule has 0 aliphatic carbocycles. The molecule has 1 aromatic heterocycles. The number of methoxy groups -OCH3 is 1. The second kappa shape index (κ2) is 5.45. The van der Waals surface area contributed by atoms with E-state index in [0.717, 1.165) is 22.6 Å². The first-order valence-corrected chi connectivity index (χ1v) is 6.47. The first-order chi connectivity index (χ1) is 9.08. The van der Waals surface area contributed by atoms with Gasteiger partial charge in [-0.15, -0.1) is 0 Å². The summed E-state index contributed by atoms with van der Waals surface area (Å²) in [4.78, 5) is 0. The van der Waals surface area contributed by atoms with Crippen LogP contribution < -0.4 is 10.5 Å². The molecule has 0 atom stereocenters. The standard InChI is InChI=1S/C15H21N3O/c1-10(2)11-5-6-15(19-4)12(7-11)13-9-17-18(3)14(13)8-16/h5-7,9-10H,8,16H2,1-4H3. The number of rotatable bonds is 4. The number of nitrogens with zero attached hydrogens (tertiary/aromatic N) is 2. The van der Waals surface area contributed by atoms with Crippen LogP contribution in [0.15, 0.2) is 24.4 Å². The lowest BCUT2D eigenvalue weighted by Crippen LogP contribution is -2.06. The first kappa shape index (κ1) is 13.6. The van der Waals surface area contributed by atoms with E-state index in [1.165, 1.54) is 5.56 Å². The molecule has 4 nitrogen and oxygen atoms in total. The average molecular weight is 259 g/mol. The minimum Gasteiger partial charge on any atom is -0.496 e. The summed E-state index contributed by atoms with van der Waals surface area (Å²) >= 11 is 0. The largest absolute Gasteiger partial charge is 0.496 e. The van der Waals surface area contributed by atoms with E-state index in [1.54, 1.807) is 7.11 Å². The molecule has 0 bridgehead atoms. The van der Waals surface area contributed by atoms with Gasteiger partial charge in [-0.05, 0) is 23.6 Å². The van der Waals surface area contributed by atoms with E-state index in [1.807, 2.05) is 24.0 Å². The van der Waals surface area contributed by atoms with E-state index in [9.17, 15) is 0 Å². The molecule has 0 amide bonds. The normalized spacial score (nSPS) is 11.1. The van der Waals surface area contributed by atoms with Gasteiger partial charge < -0.3 is 10.5 Å². The number of ether oxygens (including phenoxy) is 1. The van der Waals surface area contributed by atoms with Gasteiger partial charge in [0.1, 0.15) is 5.75 Å². The zero-order chi connectivity index (χ0) is 14.0. The number of hydrogen-bond acceptors (Lipinski definition) is 3. The van der Waals surface area contributed by atoms with Crippen molar-refractivity contribution in [2.75, 3.05) is 7.11 Å². The third-order valence-electron chi connectivity index (χ3n) is 3.44. The zero-order valence-electron chi connectivity index (χ0n) is 12.0. The van der Waals surface area contributed by atoms with Crippen LogP contribution in [0.1, 0.15) is 31.0 Å². The van der Waals surface area contributed by atoms with Crippen molar-refractivity contribution in [2.24, 2.45) is 12.8 Å². The number of nitrogens with two attached hydrogens (primary N) is 1. The molecule has 0 aliphatic heterocycles. The van der Waals surface area contributed by atoms with Gasteiger partial charge in [-0.25, -0.2) is 0 Å². The molecular formula is C15H21N3O. The third-order valence-corrected chi connectivity index (χ3v) is 3.44. The van der Waals surface area contributed by atoms with Crippen molar-refractivity contribution in [1.82, 2.24) is 9.78 Å². The quantitative estimate of drug-likeness (QED) is 0.918. The van der Waals surface area contributed by atoms with Crippen LogP contribution >= 0.6 is 0 Å². The molecule has 0 saturated heterocycles. The van der Waals surface area contributed by atoms with Gasteiger partial charge in [-0.1, -0.05) is 19.9 Å². The summed E-state index contributed by atoms with van der Waals surface area (Å²) in [5.74, 6) is 1.33. The van der Waals surface area contributed by atoms with Gasteiger partial charge >= 0.3 is 0 Å². The lowest BCUT2D eigenvalue weighted by molar-refractivity contribution is 0.416. The topological polar surface area (TPSA) is 53.1 Å². The Labute approximate surface area is 114 Å². The van der Waals surface area contributed by atoms with Gasteiger partial charge in [-0.2, -0.15) is 5.10 Å². The van der Waals surface area contributed by atoms with Crippen molar-refractivity contribution in [2.45, 2.75) is 26.3 Å². The van der Waals surface area contributed by atoms with Crippen LogP contribution in [0.3, 0.4) is 0 Å². The molecule has 0 saturated carbocycles. The fourth-order valence-corrected chi connectivity index (χ4v) is 2.23. The molecule has 0 unspecified atom stereocenters. The molecule has 1 heterocycles. The van der Waals surface area contributed by atoms with Crippen LogP contribution in [0.25, 0.3) is 11.1 Å². The van der Waals surface area contributed by atoms with E-state index in [4.69, 9.17) is 10.5 Å². The summed E-state index contributed by atoms with van der Waals surface area (Å²) in [5, 5.41) is 4.29. The monoisotopic (exact) mass is 259 g/mol. The Balaban J connectivity index is 2.61. The Morgan fingerprint density at radius 1 is 1.32 bits per heavy atom. The summed E-state index contributed by atoms with van der Waals surface area (Å²) < 4.78 is 7.28. The summed E-state index contributed by atoms with van der Waals surface area (Å²) in [7, 11) is 3.59. The lowest BCUT2D eigenvalue weighted by Gasteiger charge is -2.13. The number of benzene rings is 1. The van der Waals surface area contributed by atoms with Crippen LogP contribution in [-0.2, 0) is 13.6 Å². The fourth-order valence-electron chi connectivity index (χ4n) is 2.23. The smallest absolute Gasteiger partial charge is 0.126 e. The van der Waals surface area contributed by atoms with E-state index < -0.39 is 0 Å². The Hall–Kier alpha value is -1.81. The predicted octanol–water partition coefficient (Wildman–Crippen LogP) is 2.68. The van der Waals surface area contributed by atoms with Crippen molar-refractivity contribution in [3.05, 3.63) is 35.7 Å². The van der Waals surface area contributed by atoms with Crippen molar-refractivity contribution in [3.63, 3.8) is 0 Å². The summed E-state index contributed by atoms with van der Waals surface area (Å²) in [6.45, 7) is 4.82. The predicted molar refractivity (Wildman–Crippen MR) is 77.2 cm³/mol. The Morgan fingerprint density at radius 3 is 2.63 bits per heavy atom. The third kappa shape index (κ3) is 2.49. The van der Waals surface area contributed by atoms with Crippen molar-refractivity contribution in [1.29, 1.82) is 0 Å².